The second-order valence-electron chi connectivity index (χ2n) is 4.08. The maximum Gasteiger partial charge on any atom is 0.306 e. The fourth-order valence-electron chi connectivity index (χ4n) is 2.72. The molecule has 0 unspecified atom stereocenters. The van der Waals surface area contributed by atoms with E-state index in [0.717, 1.165) is 19.3 Å². The molecule has 68 valence electrons. The van der Waals surface area contributed by atoms with Crippen LogP contribution in [0.4, 0.5) is 0 Å². The van der Waals surface area contributed by atoms with E-state index in [4.69, 9.17) is 5.11 Å². The Morgan fingerprint density at radius 3 is 2.50 bits per heavy atom. The molecule has 12 heavy (non-hydrogen) atoms. The highest BCUT2D eigenvalue weighted by molar-refractivity contribution is 5.70. The van der Waals surface area contributed by atoms with Crippen molar-refractivity contribution in [3.8, 4) is 0 Å². The average Bonchev–Trinajstić information content (AvgIpc) is 2.37. The van der Waals surface area contributed by atoms with E-state index < -0.39 is 5.97 Å². The molecule has 0 spiro atoms. The van der Waals surface area contributed by atoms with Crippen molar-refractivity contribution in [2.45, 2.75) is 31.8 Å². The molecular formula is C9H14O3. The van der Waals surface area contributed by atoms with Gasteiger partial charge in [-0.25, -0.2) is 0 Å². The molecule has 0 saturated heterocycles. The molecule has 3 heteroatoms. The number of aliphatic carboxylic acids is 1. The van der Waals surface area contributed by atoms with E-state index in [9.17, 15) is 9.90 Å². The van der Waals surface area contributed by atoms with Gasteiger partial charge in [-0.05, 0) is 37.5 Å². The van der Waals surface area contributed by atoms with Crippen molar-refractivity contribution in [2.24, 2.45) is 17.8 Å². The lowest BCUT2D eigenvalue weighted by molar-refractivity contribution is -0.142. The van der Waals surface area contributed by atoms with Crippen molar-refractivity contribution in [3.63, 3.8) is 0 Å². The van der Waals surface area contributed by atoms with Crippen molar-refractivity contribution in [3.05, 3.63) is 0 Å². The lowest BCUT2D eigenvalue weighted by atomic mass is 9.85. The van der Waals surface area contributed by atoms with E-state index in [1.807, 2.05) is 0 Å². The minimum absolute atomic E-state index is 0.174. The van der Waals surface area contributed by atoms with Gasteiger partial charge in [0.05, 0.1) is 12.0 Å². The quantitative estimate of drug-likeness (QED) is 0.614. The lowest BCUT2D eigenvalue weighted by Crippen LogP contribution is -2.23. The van der Waals surface area contributed by atoms with Crippen LogP contribution in [-0.4, -0.2) is 22.3 Å². The molecule has 2 saturated carbocycles. The number of carboxylic acids is 1. The zero-order valence-electron chi connectivity index (χ0n) is 6.94. The third kappa shape index (κ3) is 1.12. The number of hydrogen-bond donors (Lipinski definition) is 2. The Kier molecular flexibility index (Phi) is 1.83. The minimum atomic E-state index is -0.670. The standard InChI is InChI=1S/C9H14O3/c10-8-2-1-5-3-6(8)4-7(5)9(11)12/h5-8,10H,1-4H2,(H,11,12)/t5-,6+,7+,8-/m0/s1. The molecule has 0 aromatic carbocycles. The van der Waals surface area contributed by atoms with Crippen LogP contribution < -0.4 is 0 Å². The topological polar surface area (TPSA) is 57.5 Å². The minimum Gasteiger partial charge on any atom is -0.481 e. The van der Waals surface area contributed by atoms with Gasteiger partial charge in [0.25, 0.3) is 0 Å². The first-order valence-corrected chi connectivity index (χ1v) is 4.59. The molecule has 4 atom stereocenters. The van der Waals surface area contributed by atoms with Crippen LogP contribution >= 0.6 is 0 Å². The van der Waals surface area contributed by atoms with Gasteiger partial charge in [0.1, 0.15) is 0 Å². The van der Waals surface area contributed by atoms with Gasteiger partial charge in [0.15, 0.2) is 0 Å². The van der Waals surface area contributed by atoms with Gasteiger partial charge in [0.2, 0.25) is 0 Å². The Hall–Kier alpha value is -0.570. The van der Waals surface area contributed by atoms with Gasteiger partial charge in [-0.15, -0.1) is 0 Å². The summed E-state index contributed by atoms with van der Waals surface area (Å²) in [4.78, 5) is 10.8. The number of fused-ring (bicyclic) bond motifs is 2. The van der Waals surface area contributed by atoms with Crippen molar-refractivity contribution in [1.82, 2.24) is 0 Å². The van der Waals surface area contributed by atoms with Crippen molar-refractivity contribution >= 4 is 5.97 Å². The van der Waals surface area contributed by atoms with E-state index in [1.165, 1.54) is 0 Å². The van der Waals surface area contributed by atoms with Gasteiger partial charge >= 0.3 is 5.97 Å². The molecule has 0 aromatic heterocycles. The fraction of sp³-hybridized carbons (Fsp3) is 0.889. The molecule has 0 radical (unpaired) electrons. The molecule has 2 aliphatic carbocycles. The monoisotopic (exact) mass is 170 g/mol. The van der Waals surface area contributed by atoms with E-state index >= 15 is 0 Å². The normalized spacial score (nSPS) is 46.1. The number of carboxylic acid groups (broad SMARTS) is 1. The van der Waals surface area contributed by atoms with Gasteiger partial charge in [0, 0.05) is 0 Å². The SMILES string of the molecule is O=C(O)[C@@H]1C[C@H]2C[C@@H]1CC[C@@H]2O. The zero-order chi connectivity index (χ0) is 8.72. The molecule has 3 nitrogen and oxygen atoms in total. The van der Waals surface area contributed by atoms with Crippen LogP contribution in [0.5, 0.6) is 0 Å². The summed E-state index contributed by atoms with van der Waals surface area (Å²) in [7, 11) is 0. The van der Waals surface area contributed by atoms with Crippen LogP contribution in [0.25, 0.3) is 0 Å². The summed E-state index contributed by atoms with van der Waals surface area (Å²) in [6, 6.07) is 0. The summed E-state index contributed by atoms with van der Waals surface area (Å²) >= 11 is 0. The second-order valence-corrected chi connectivity index (χ2v) is 4.08. The van der Waals surface area contributed by atoms with E-state index in [0.29, 0.717) is 12.3 Å². The van der Waals surface area contributed by atoms with Gasteiger partial charge in [-0.3, -0.25) is 4.79 Å². The summed E-state index contributed by atoms with van der Waals surface area (Å²) < 4.78 is 0. The summed E-state index contributed by atoms with van der Waals surface area (Å²) in [6.45, 7) is 0. The Morgan fingerprint density at radius 1 is 1.17 bits per heavy atom. The maximum atomic E-state index is 10.8. The van der Waals surface area contributed by atoms with Gasteiger partial charge < -0.3 is 10.2 Å². The number of aliphatic hydroxyl groups excluding tert-OH is 1. The van der Waals surface area contributed by atoms with Crippen LogP contribution in [0, 0.1) is 17.8 Å². The Labute approximate surface area is 71.4 Å². The number of aliphatic hydroxyl groups is 1. The molecule has 0 amide bonds. The third-order valence-electron chi connectivity index (χ3n) is 3.43. The van der Waals surface area contributed by atoms with Crippen LogP contribution in [0.15, 0.2) is 0 Å². The number of rotatable bonds is 1. The van der Waals surface area contributed by atoms with Crippen LogP contribution in [0.1, 0.15) is 25.7 Å². The number of carbonyl (C=O) groups is 1. The maximum absolute atomic E-state index is 10.8. The molecule has 2 fully saturated rings. The first kappa shape index (κ1) is 8.05. The highest BCUT2D eigenvalue weighted by Gasteiger charge is 2.44. The molecule has 0 aliphatic heterocycles. The zero-order valence-corrected chi connectivity index (χ0v) is 6.94. The van der Waals surface area contributed by atoms with Crippen molar-refractivity contribution in [2.75, 3.05) is 0 Å². The van der Waals surface area contributed by atoms with Crippen molar-refractivity contribution in [1.29, 1.82) is 0 Å². The molecule has 2 aliphatic rings. The smallest absolute Gasteiger partial charge is 0.306 e. The van der Waals surface area contributed by atoms with E-state index in [1.54, 1.807) is 0 Å². The van der Waals surface area contributed by atoms with Crippen LogP contribution in [0.3, 0.4) is 0 Å². The van der Waals surface area contributed by atoms with E-state index in [2.05, 4.69) is 0 Å². The molecule has 0 heterocycles. The average molecular weight is 170 g/mol. The Morgan fingerprint density at radius 2 is 1.92 bits per heavy atom. The lowest BCUT2D eigenvalue weighted by Gasteiger charge is -2.24. The predicted octanol–water partition coefficient (Wildman–Crippen LogP) is 0.868. The van der Waals surface area contributed by atoms with Crippen LogP contribution in [-0.2, 0) is 4.79 Å². The molecule has 2 rings (SSSR count). The van der Waals surface area contributed by atoms with Gasteiger partial charge in [-0.1, -0.05) is 0 Å². The fourth-order valence-corrected chi connectivity index (χ4v) is 2.72. The Bertz CT molecular complexity index is 202. The molecule has 0 aromatic rings. The molecular weight excluding hydrogens is 156 g/mol. The van der Waals surface area contributed by atoms with Crippen molar-refractivity contribution < 1.29 is 15.0 Å². The number of hydrogen-bond acceptors (Lipinski definition) is 2. The van der Waals surface area contributed by atoms with Crippen LogP contribution in [0.2, 0.25) is 0 Å². The first-order chi connectivity index (χ1) is 5.68. The summed E-state index contributed by atoms with van der Waals surface area (Å²) in [5.41, 5.74) is 0. The van der Waals surface area contributed by atoms with Gasteiger partial charge in [-0.2, -0.15) is 0 Å². The highest BCUT2D eigenvalue weighted by atomic mass is 16.4. The third-order valence-corrected chi connectivity index (χ3v) is 3.43. The highest BCUT2D eigenvalue weighted by Crippen LogP contribution is 2.45. The van der Waals surface area contributed by atoms with E-state index in [-0.39, 0.29) is 17.9 Å². The molecule has 2 bridgehead atoms. The predicted molar refractivity (Wildman–Crippen MR) is 42.6 cm³/mol. The largest absolute Gasteiger partial charge is 0.481 e. The first-order valence-electron chi connectivity index (χ1n) is 4.59. The summed E-state index contributed by atoms with van der Waals surface area (Å²) in [6.07, 6.45) is 3.10. The summed E-state index contributed by atoms with van der Waals surface area (Å²) in [5.74, 6) is -0.232. The Balaban J connectivity index is 2.10. The second kappa shape index (κ2) is 2.73. The summed E-state index contributed by atoms with van der Waals surface area (Å²) in [5, 5.41) is 18.4. The molecule has 2 N–H and O–H groups in total.